The van der Waals surface area contributed by atoms with Gasteiger partial charge in [0, 0.05) is 5.69 Å². The molecule has 24 heavy (non-hydrogen) atoms. The topological polar surface area (TPSA) is 46.2 Å². The molecule has 0 aromatic heterocycles. The summed E-state index contributed by atoms with van der Waals surface area (Å²) in [6.07, 6.45) is 3.31. The van der Waals surface area contributed by atoms with Gasteiger partial charge in [-0.3, -0.25) is 4.72 Å². The zero-order chi connectivity index (χ0) is 17.0. The smallest absolute Gasteiger partial charge is 0.261 e. The first-order chi connectivity index (χ1) is 11.6. The molecule has 3 aromatic rings. The van der Waals surface area contributed by atoms with Gasteiger partial charge in [-0.2, -0.15) is 0 Å². The second-order valence-corrected chi connectivity index (χ2v) is 7.60. The molecule has 3 aromatic carbocycles. The molecule has 0 heterocycles. The minimum Gasteiger partial charge on any atom is -0.280 e. The fraction of sp³-hybridized carbons (Fsp3) is 0.200. The van der Waals surface area contributed by atoms with Crippen LogP contribution in [0.2, 0.25) is 0 Å². The Morgan fingerprint density at radius 3 is 2.29 bits per heavy atom. The van der Waals surface area contributed by atoms with Gasteiger partial charge in [0.2, 0.25) is 0 Å². The fourth-order valence-electron chi connectivity index (χ4n) is 2.67. The Balaban J connectivity index is 1.81. The van der Waals surface area contributed by atoms with Crippen LogP contribution in [0.1, 0.15) is 25.3 Å². The molecule has 4 heteroatoms. The zero-order valence-corrected chi connectivity index (χ0v) is 14.5. The second-order valence-electron chi connectivity index (χ2n) is 5.91. The van der Waals surface area contributed by atoms with Gasteiger partial charge in [-0.15, -0.1) is 0 Å². The molecule has 0 amide bonds. The quantitative estimate of drug-likeness (QED) is 0.688. The third-order valence-electron chi connectivity index (χ3n) is 4.06. The number of sulfonamides is 1. The van der Waals surface area contributed by atoms with E-state index in [0.717, 1.165) is 30.0 Å². The predicted molar refractivity (Wildman–Crippen MR) is 99.8 cm³/mol. The molecule has 0 spiro atoms. The lowest BCUT2D eigenvalue weighted by molar-refractivity contribution is 0.601. The molecule has 0 atom stereocenters. The van der Waals surface area contributed by atoms with Crippen molar-refractivity contribution in [2.75, 3.05) is 4.72 Å². The first-order valence-corrected chi connectivity index (χ1v) is 9.67. The van der Waals surface area contributed by atoms with E-state index in [1.165, 1.54) is 5.56 Å². The molecule has 0 fully saturated rings. The van der Waals surface area contributed by atoms with Crippen LogP contribution in [0.5, 0.6) is 0 Å². The van der Waals surface area contributed by atoms with Gasteiger partial charge in [0.1, 0.15) is 0 Å². The van der Waals surface area contributed by atoms with E-state index in [0.29, 0.717) is 5.69 Å². The van der Waals surface area contributed by atoms with E-state index in [-0.39, 0.29) is 4.90 Å². The largest absolute Gasteiger partial charge is 0.280 e. The van der Waals surface area contributed by atoms with Crippen LogP contribution in [0, 0.1) is 0 Å². The van der Waals surface area contributed by atoms with Crippen LogP contribution in [-0.2, 0) is 16.4 Å². The van der Waals surface area contributed by atoms with Crippen LogP contribution in [0.15, 0.2) is 71.6 Å². The van der Waals surface area contributed by atoms with Crippen molar-refractivity contribution in [3.05, 3.63) is 72.3 Å². The Kier molecular flexibility index (Phi) is 4.86. The summed E-state index contributed by atoms with van der Waals surface area (Å²) in [7, 11) is -3.58. The Morgan fingerprint density at radius 1 is 0.875 bits per heavy atom. The zero-order valence-electron chi connectivity index (χ0n) is 13.7. The van der Waals surface area contributed by atoms with Crippen molar-refractivity contribution in [2.24, 2.45) is 0 Å². The van der Waals surface area contributed by atoms with E-state index in [1.54, 1.807) is 12.1 Å². The molecular weight excluding hydrogens is 318 g/mol. The van der Waals surface area contributed by atoms with Crippen molar-refractivity contribution < 1.29 is 8.42 Å². The Bertz CT molecular complexity index is 931. The number of benzene rings is 3. The van der Waals surface area contributed by atoms with Gasteiger partial charge in [0.25, 0.3) is 10.0 Å². The maximum Gasteiger partial charge on any atom is 0.261 e. The molecule has 0 unspecified atom stereocenters. The van der Waals surface area contributed by atoms with E-state index in [4.69, 9.17) is 0 Å². The number of rotatable bonds is 6. The summed E-state index contributed by atoms with van der Waals surface area (Å²) < 4.78 is 27.8. The van der Waals surface area contributed by atoms with Gasteiger partial charge >= 0.3 is 0 Å². The number of hydrogen-bond donors (Lipinski definition) is 1. The molecule has 0 saturated carbocycles. The van der Waals surface area contributed by atoms with E-state index in [2.05, 4.69) is 11.6 Å². The molecule has 0 aliphatic carbocycles. The molecule has 0 aliphatic rings. The molecule has 1 N–H and O–H groups in total. The highest BCUT2D eigenvalue weighted by Crippen LogP contribution is 2.21. The number of fused-ring (bicyclic) bond motifs is 1. The minimum atomic E-state index is -3.58. The average Bonchev–Trinajstić information content (AvgIpc) is 2.60. The summed E-state index contributed by atoms with van der Waals surface area (Å²) in [6.45, 7) is 2.16. The first-order valence-electron chi connectivity index (χ1n) is 8.19. The SMILES string of the molecule is CCCCc1ccc(NS(=O)(=O)c2ccc3ccccc3c2)cc1. The highest BCUT2D eigenvalue weighted by atomic mass is 32.2. The summed E-state index contributed by atoms with van der Waals surface area (Å²) in [4.78, 5) is 0.274. The van der Waals surface area contributed by atoms with Crippen molar-refractivity contribution in [1.82, 2.24) is 0 Å². The van der Waals surface area contributed by atoms with Crippen molar-refractivity contribution in [3.63, 3.8) is 0 Å². The van der Waals surface area contributed by atoms with Gasteiger partial charge in [0.15, 0.2) is 0 Å². The molecule has 3 rings (SSSR count). The lowest BCUT2D eigenvalue weighted by Gasteiger charge is -2.10. The van der Waals surface area contributed by atoms with Crippen LogP contribution in [-0.4, -0.2) is 8.42 Å². The van der Waals surface area contributed by atoms with E-state index < -0.39 is 10.0 Å². The Morgan fingerprint density at radius 2 is 1.58 bits per heavy atom. The van der Waals surface area contributed by atoms with Gasteiger partial charge in [-0.25, -0.2) is 8.42 Å². The maximum atomic E-state index is 12.6. The molecule has 0 bridgehead atoms. The van der Waals surface area contributed by atoms with Crippen LogP contribution in [0.3, 0.4) is 0 Å². The van der Waals surface area contributed by atoms with Crippen LogP contribution in [0.4, 0.5) is 5.69 Å². The normalized spacial score (nSPS) is 11.5. The number of hydrogen-bond acceptors (Lipinski definition) is 2. The molecule has 0 radical (unpaired) electrons. The summed E-state index contributed by atoms with van der Waals surface area (Å²) in [5.41, 5.74) is 1.81. The van der Waals surface area contributed by atoms with E-state index >= 15 is 0 Å². The average molecular weight is 339 g/mol. The standard InChI is InChI=1S/C20H21NO2S/c1-2-3-6-16-9-12-19(13-10-16)21-24(22,23)20-14-11-17-7-4-5-8-18(17)15-20/h4-5,7-15,21H,2-3,6H2,1H3. The molecular formula is C20H21NO2S. The number of anilines is 1. The van der Waals surface area contributed by atoms with E-state index in [9.17, 15) is 8.42 Å². The van der Waals surface area contributed by atoms with Crippen molar-refractivity contribution >= 4 is 26.5 Å². The van der Waals surface area contributed by atoms with Crippen molar-refractivity contribution in [1.29, 1.82) is 0 Å². The molecule has 3 nitrogen and oxygen atoms in total. The first kappa shape index (κ1) is 16.5. The Labute approximate surface area is 143 Å². The predicted octanol–water partition coefficient (Wildman–Crippen LogP) is 4.98. The number of nitrogens with one attached hydrogen (secondary N) is 1. The Hall–Kier alpha value is -2.33. The van der Waals surface area contributed by atoms with Crippen molar-refractivity contribution in [2.45, 2.75) is 31.1 Å². The fourth-order valence-corrected chi connectivity index (χ4v) is 3.76. The van der Waals surface area contributed by atoms with Crippen LogP contribution < -0.4 is 4.72 Å². The third kappa shape index (κ3) is 3.77. The number of unbranched alkanes of at least 4 members (excludes halogenated alkanes) is 1. The lowest BCUT2D eigenvalue weighted by atomic mass is 10.1. The van der Waals surface area contributed by atoms with E-state index in [1.807, 2.05) is 54.6 Å². The minimum absolute atomic E-state index is 0.274. The van der Waals surface area contributed by atoms with Crippen molar-refractivity contribution in [3.8, 4) is 0 Å². The summed E-state index contributed by atoms with van der Waals surface area (Å²) in [5.74, 6) is 0. The maximum absolute atomic E-state index is 12.6. The summed E-state index contributed by atoms with van der Waals surface area (Å²) >= 11 is 0. The molecule has 0 aliphatic heterocycles. The molecule has 124 valence electrons. The lowest BCUT2D eigenvalue weighted by Crippen LogP contribution is -2.12. The van der Waals surface area contributed by atoms with Crippen LogP contribution >= 0.6 is 0 Å². The number of aryl methyl sites for hydroxylation is 1. The highest BCUT2D eigenvalue weighted by Gasteiger charge is 2.14. The van der Waals surface area contributed by atoms with Gasteiger partial charge < -0.3 is 0 Å². The third-order valence-corrected chi connectivity index (χ3v) is 5.44. The summed E-state index contributed by atoms with van der Waals surface area (Å²) in [5, 5.41) is 1.94. The summed E-state index contributed by atoms with van der Waals surface area (Å²) in [6, 6.07) is 20.5. The van der Waals surface area contributed by atoms with Gasteiger partial charge in [0.05, 0.1) is 4.90 Å². The van der Waals surface area contributed by atoms with Gasteiger partial charge in [-0.1, -0.05) is 55.8 Å². The van der Waals surface area contributed by atoms with Gasteiger partial charge in [-0.05, 0) is 53.4 Å². The highest BCUT2D eigenvalue weighted by molar-refractivity contribution is 7.92. The second kappa shape index (κ2) is 7.05. The monoisotopic (exact) mass is 339 g/mol. The molecule has 0 saturated heterocycles. The van der Waals surface area contributed by atoms with Crippen LogP contribution in [0.25, 0.3) is 10.8 Å².